The van der Waals surface area contributed by atoms with Crippen molar-refractivity contribution in [2.24, 2.45) is 5.92 Å². The fourth-order valence-corrected chi connectivity index (χ4v) is 2.47. The molecule has 0 aliphatic heterocycles. The highest BCUT2D eigenvalue weighted by Gasteiger charge is 2.45. The Hall–Kier alpha value is -0.290. The lowest BCUT2D eigenvalue weighted by atomic mass is 9.84. The zero-order valence-corrected chi connectivity index (χ0v) is 10.1. The number of aliphatic hydroxyl groups is 1. The molecular weight excluding hydrogens is 231 g/mol. The van der Waals surface area contributed by atoms with Gasteiger partial charge in [0.2, 0.25) is 0 Å². The normalized spacial score (nSPS) is 26.1. The highest BCUT2D eigenvalue weighted by molar-refractivity contribution is 4.85. The molecule has 1 aliphatic carbocycles. The Balaban J connectivity index is 2.28. The summed E-state index contributed by atoms with van der Waals surface area (Å²) in [6.45, 7) is 0.784. The second kappa shape index (κ2) is 7.21. The van der Waals surface area contributed by atoms with Crippen molar-refractivity contribution in [1.29, 1.82) is 0 Å². The molecule has 1 saturated carbocycles. The zero-order chi connectivity index (χ0) is 12.7. The van der Waals surface area contributed by atoms with Gasteiger partial charge in [0.15, 0.2) is 0 Å². The average molecular weight is 253 g/mol. The Morgan fingerprint density at radius 2 is 1.76 bits per heavy atom. The molecule has 1 rings (SSSR count). The van der Waals surface area contributed by atoms with Crippen molar-refractivity contribution in [2.45, 2.75) is 57.2 Å². The number of hydrogen-bond acceptors (Lipinski definition) is 2. The van der Waals surface area contributed by atoms with Gasteiger partial charge in [-0.05, 0) is 38.6 Å². The van der Waals surface area contributed by atoms with Crippen molar-refractivity contribution in [3.05, 3.63) is 0 Å². The molecule has 0 spiro atoms. The van der Waals surface area contributed by atoms with Crippen LogP contribution in [0.25, 0.3) is 0 Å². The molecule has 102 valence electrons. The van der Waals surface area contributed by atoms with Gasteiger partial charge in [0.05, 0.1) is 5.92 Å². The molecule has 2 N–H and O–H groups in total. The fraction of sp³-hybridized carbons (Fsp3) is 1.00. The van der Waals surface area contributed by atoms with Crippen LogP contribution in [-0.2, 0) is 0 Å². The highest BCUT2D eigenvalue weighted by Crippen LogP contribution is 2.37. The van der Waals surface area contributed by atoms with Crippen LogP contribution in [0, 0.1) is 5.92 Å². The number of aliphatic hydroxyl groups excluding tert-OH is 1. The molecule has 0 amide bonds. The second-order valence-electron chi connectivity index (χ2n) is 4.78. The maximum Gasteiger partial charge on any atom is 0.393 e. The van der Waals surface area contributed by atoms with Crippen LogP contribution in [0.1, 0.15) is 44.9 Å². The van der Waals surface area contributed by atoms with Crippen molar-refractivity contribution in [3.63, 3.8) is 0 Å². The standard InChI is InChI=1S/C12H22F3NO/c13-12(14,15)10-6-2-3-7-11(10)16-8-4-1-5-9-17/h10-11,16-17H,1-9H2. The summed E-state index contributed by atoms with van der Waals surface area (Å²) in [5.74, 6) is -1.17. The Kier molecular flexibility index (Phi) is 6.27. The summed E-state index contributed by atoms with van der Waals surface area (Å²) in [7, 11) is 0. The molecule has 1 aliphatic rings. The van der Waals surface area contributed by atoms with E-state index in [1.54, 1.807) is 0 Å². The minimum atomic E-state index is -4.07. The van der Waals surface area contributed by atoms with E-state index in [0.717, 1.165) is 25.7 Å². The Labute approximate surface area is 101 Å². The quantitative estimate of drug-likeness (QED) is 0.713. The first kappa shape index (κ1) is 14.8. The SMILES string of the molecule is OCCCCCNC1CCCCC1C(F)(F)F. The average Bonchev–Trinajstić information content (AvgIpc) is 2.28. The highest BCUT2D eigenvalue weighted by atomic mass is 19.4. The van der Waals surface area contributed by atoms with Gasteiger partial charge < -0.3 is 10.4 Å². The molecule has 0 radical (unpaired) electrons. The van der Waals surface area contributed by atoms with Crippen molar-refractivity contribution < 1.29 is 18.3 Å². The summed E-state index contributed by atoms with van der Waals surface area (Å²) >= 11 is 0. The van der Waals surface area contributed by atoms with E-state index in [-0.39, 0.29) is 13.0 Å². The van der Waals surface area contributed by atoms with Crippen LogP contribution in [0.4, 0.5) is 13.2 Å². The molecule has 0 aromatic heterocycles. The predicted molar refractivity (Wildman–Crippen MR) is 60.7 cm³/mol. The molecular formula is C12H22F3NO. The van der Waals surface area contributed by atoms with Crippen molar-refractivity contribution in [3.8, 4) is 0 Å². The van der Waals surface area contributed by atoms with E-state index in [4.69, 9.17) is 5.11 Å². The molecule has 0 aromatic carbocycles. The van der Waals surface area contributed by atoms with Crippen molar-refractivity contribution in [1.82, 2.24) is 5.32 Å². The minimum Gasteiger partial charge on any atom is -0.396 e. The summed E-state index contributed by atoms with van der Waals surface area (Å²) in [4.78, 5) is 0. The number of unbranched alkanes of at least 4 members (excludes halogenated alkanes) is 2. The monoisotopic (exact) mass is 253 g/mol. The molecule has 2 atom stereocenters. The van der Waals surface area contributed by atoms with Gasteiger partial charge in [-0.3, -0.25) is 0 Å². The van der Waals surface area contributed by atoms with Crippen LogP contribution in [0.15, 0.2) is 0 Å². The van der Waals surface area contributed by atoms with Crippen LogP contribution >= 0.6 is 0 Å². The second-order valence-corrected chi connectivity index (χ2v) is 4.78. The lowest BCUT2D eigenvalue weighted by Gasteiger charge is -2.33. The van der Waals surface area contributed by atoms with Crippen LogP contribution in [-0.4, -0.2) is 30.5 Å². The van der Waals surface area contributed by atoms with Gasteiger partial charge in [-0.2, -0.15) is 13.2 Å². The fourth-order valence-electron chi connectivity index (χ4n) is 2.47. The summed E-state index contributed by atoms with van der Waals surface area (Å²) in [6, 6.07) is -0.405. The summed E-state index contributed by atoms with van der Waals surface area (Å²) in [5, 5.41) is 11.6. The third-order valence-corrected chi connectivity index (χ3v) is 3.43. The van der Waals surface area contributed by atoms with E-state index >= 15 is 0 Å². The van der Waals surface area contributed by atoms with Crippen molar-refractivity contribution >= 4 is 0 Å². The number of rotatable bonds is 6. The van der Waals surface area contributed by atoms with E-state index in [0.29, 0.717) is 19.4 Å². The van der Waals surface area contributed by atoms with Gasteiger partial charge in [0.1, 0.15) is 0 Å². The first-order chi connectivity index (χ1) is 8.05. The number of halogens is 3. The van der Waals surface area contributed by atoms with E-state index in [2.05, 4.69) is 5.32 Å². The van der Waals surface area contributed by atoms with Gasteiger partial charge in [-0.1, -0.05) is 12.8 Å². The van der Waals surface area contributed by atoms with E-state index in [1.807, 2.05) is 0 Å². The predicted octanol–water partition coefficient (Wildman–Crippen LogP) is 2.86. The van der Waals surface area contributed by atoms with Gasteiger partial charge >= 0.3 is 6.18 Å². The van der Waals surface area contributed by atoms with Gasteiger partial charge in [0, 0.05) is 12.6 Å². The van der Waals surface area contributed by atoms with E-state index < -0.39 is 18.1 Å². The van der Waals surface area contributed by atoms with Crippen molar-refractivity contribution in [2.75, 3.05) is 13.2 Å². The Bertz CT molecular complexity index is 208. The molecule has 0 heterocycles. The number of nitrogens with one attached hydrogen (secondary N) is 1. The maximum absolute atomic E-state index is 12.7. The first-order valence-electron chi connectivity index (χ1n) is 6.46. The lowest BCUT2D eigenvalue weighted by Crippen LogP contribution is -2.45. The summed E-state index contributed by atoms with van der Waals surface area (Å²) in [5.41, 5.74) is 0. The molecule has 2 nitrogen and oxygen atoms in total. The largest absolute Gasteiger partial charge is 0.396 e. The molecule has 0 bridgehead atoms. The molecule has 1 fully saturated rings. The minimum absolute atomic E-state index is 0.161. The summed E-state index contributed by atoms with van der Waals surface area (Å²) < 4.78 is 38.2. The number of hydrogen-bond donors (Lipinski definition) is 2. The molecule has 2 unspecified atom stereocenters. The zero-order valence-electron chi connectivity index (χ0n) is 10.1. The van der Waals surface area contributed by atoms with Gasteiger partial charge in [-0.25, -0.2) is 0 Å². The van der Waals surface area contributed by atoms with E-state index in [1.165, 1.54) is 0 Å². The van der Waals surface area contributed by atoms with Crippen LogP contribution in [0.2, 0.25) is 0 Å². The Morgan fingerprint density at radius 3 is 2.41 bits per heavy atom. The Morgan fingerprint density at radius 1 is 1.06 bits per heavy atom. The third-order valence-electron chi connectivity index (χ3n) is 3.43. The first-order valence-corrected chi connectivity index (χ1v) is 6.46. The molecule has 17 heavy (non-hydrogen) atoms. The van der Waals surface area contributed by atoms with Crippen LogP contribution in [0.3, 0.4) is 0 Å². The lowest BCUT2D eigenvalue weighted by molar-refractivity contribution is -0.188. The van der Waals surface area contributed by atoms with Crippen LogP contribution < -0.4 is 5.32 Å². The van der Waals surface area contributed by atoms with Gasteiger partial charge in [0.25, 0.3) is 0 Å². The molecule has 0 aromatic rings. The van der Waals surface area contributed by atoms with E-state index in [9.17, 15) is 13.2 Å². The third kappa shape index (κ3) is 5.25. The maximum atomic E-state index is 12.7. The topological polar surface area (TPSA) is 32.3 Å². The van der Waals surface area contributed by atoms with Crippen LogP contribution in [0.5, 0.6) is 0 Å². The summed E-state index contributed by atoms with van der Waals surface area (Å²) in [6.07, 6.45) is 0.836. The molecule has 0 saturated heterocycles. The molecule has 5 heteroatoms. The smallest absolute Gasteiger partial charge is 0.393 e. The number of alkyl halides is 3. The van der Waals surface area contributed by atoms with Gasteiger partial charge in [-0.15, -0.1) is 0 Å².